The van der Waals surface area contributed by atoms with Crippen LogP contribution in [0.1, 0.15) is 6.42 Å². The van der Waals surface area contributed by atoms with Gasteiger partial charge in [0, 0.05) is 6.42 Å². The van der Waals surface area contributed by atoms with Crippen molar-refractivity contribution in [3.8, 4) is 0 Å². The summed E-state index contributed by atoms with van der Waals surface area (Å²) in [4.78, 5) is 0. The maximum absolute atomic E-state index is 12.3. The fourth-order valence-electron chi connectivity index (χ4n) is 1.53. The van der Waals surface area contributed by atoms with Crippen LogP contribution in [0, 0.1) is 0 Å². The SMILES string of the molecule is FC1(F)C2(F)CC1(F)C2(F)F. The summed E-state index contributed by atoms with van der Waals surface area (Å²) in [6, 6.07) is 0. The molecule has 0 amide bonds. The highest BCUT2D eigenvalue weighted by molar-refractivity contribution is 5.44. The molecule has 0 spiro atoms. The molecule has 6 heteroatoms. The van der Waals surface area contributed by atoms with Gasteiger partial charge in [0.25, 0.3) is 0 Å². The molecule has 0 saturated heterocycles. The molecule has 11 heavy (non-hydrogen) atoms. The van der Waals surface area contributed by atoms with E-state index in [0.717, 1.165) is 0 Å². The molecule has 3 rings (SSSR count). The first-order valence-corrected chi connectivity index (χ1v) is 2.84. The Hall–Kier alpha value is -0.420. The standard InChI is InChI=1S/C5H2F6/c6-2-1-3(7,4(2,8)9)5(2,10)11/h1H2. The maximum Gasteiger partial charge on any atom is 0.327 e. The maximum atomic E-state index is 12.3. The summed E-state index contributed by atoms with van der Waals surface area (Å²) in [5, 5.41) is 0. The zero-order valence-electron chi connectivity index (χ0n) is 4.97. The van der Waals surface area contributed by atoms with Crippen LogP contribution >= 0.6 is 0 Å². The van der Waals surface area contributed by atoms with E-state index in [2.05, 4.69) is 0 Å². The first-order chi connectivity index (χ1) is 4.71. The van der Waals surface area contributed by atoms with Crippen LogP contribution in [0.15, 0.2) is 0 Å². The molecular formula is C5H2F6. The van der Waals surface area contributed by atoms with Crippen LogP contribution in [0.5, 0.6) is 0 Å². The van der Waals surface area contributed by atoms with E-state index >= 15 is 0 Å². The van der Waals surface area contributed by atoms with E-state index in [0.29, 0.717) is 0 Å². The van der Waals surface area contributed by atoms with Crippen molar-refractivity contribution in [1.82, 2.24) is 0 Å². The average Bonchev–Trinajstić information content (AvgIpc) is 1.88. The number of halogens is 6. The molecular weight excluding hydrogens is 174 g/mol. The molecule has 0 radical (unpaired) electrons. The lowest BCUT2D eigenvalue weighted by atomic mass is 9.44. The lowest BCUT2D eigenvalue weighted by Gasteiger charge is -2.69. The smallest absolute Gasteiger partial charge is 0.230 e. The lowest BCUT2D eigenvalue weighted by Crippen LogP contribution is -2.97. The molecule has 0 N–H and O–H groups in total. The second-order valence-corrected chi connectivity index (χ2v) is 2.93. The van der Waals surface area contributed by atoms with E-state index in [1.54, 1.807) is 0 Å². The number of rotatable bonds is 0. The number of alkyl halides is 6. The topological polar surface area (TPSA) is 0 Å². The van der Waals surface area contributed by atoms with Gasteiger partial charge in [-0.1, -0.05) is 0 Å². The van der Waals surface area contributed by atoms with Crippen molar-refractivity contribution in [2.75, 3.05) is 0 Å². The molecule has 0 aromatic carbocycles. The van der Waals surface area contributed by atoms with Gasteiger partial charge in [0.15, 0.2) is 0 Å². The van der Waals surface area contributed by atoms with Crippen LogP contribution in [0.25, 0.3) is 0 Å². The van der Waals surface area contributed by atoms with Gasteiger partial charge >= 0.3 is 11.8 Å². The van der Waals surface area contributed by atoms with Crippen molar-refractivity contribution < 1.29 is 26.3 Å². The zero-order chi connectivity index (χ0) is 8.71. The molecule has 3 fully saturated rings. The lowest BCUT2D eigenvalue weighted by molar-refractivity contribution is -0.519. The summed E-state index contributed by atoms with van der Waals surface area (Å²) in [7, 11) is 0. The Morgan fingerprint density at radius 3 is 1.00 bits per heavy atom. The van der Waals surface area contributed by atoms with Crippen LogP contribution in [0.3, 0.4) is 0 Å². The van der Waals surface area contributed by atoms with Crippen LogP contribution in [-0.2, 0) is 0 Å². The Morgan fingerprint density at radius 1 is 0.636 bits per heavy atom. The third-order valence-electron chi connectivity index (χ3n) is 2.48. The van der Waals surface area contributed by atoms with Crippen molar-refractivity contribution >= 4 is 0 Å². The van der Waals surface area contributed by atoms with Gasteiger partial charge in [-0.2, -0.15) is 17.6 Å². The van der Waals surface area contributed by atoms with Crippen LogP contribution < -0.4 is 0 Å². The quantitative estimate of drug-likeness (QED) is 0.495. The van der Waals surface area contributed by atoms with Crippen molar-refractivity contribution in [2.45, 2.75) is 29.6 Å². The highest BCUT2D eigenvalue weighted by Gasteiger charge is 3.08. The van der Waals surface area contributed by atoms with Gasteiger partial charge in [0.2, 0.25) is 11.3 Å². The molecule has 3 aliphatic carbocycles. The second kappa shape index (κ2) is 1.17. The Balaban J connectivity index is 2.43. The summed E-state index contributed by atoms with van der Waals surface area (Å²) in [6.45, 7) is 0. The predicted octanol–water partition coefficient (Wildman–Crippen LogP) is 2.09. The monoisotopic (exact) mass is 176 g/mol. The molecule has 0 aromatic rings. The minimum absolute atomic E-state index is 1.39. The molecule has 0 atom stereocenters. The van der Waals surface area contributed by atoms with E-state index in [9.17, 15) is 26.3 Å². The fourth-order valence-corrected chi connectivity index (χ4v) is 1.53. The summed E-state index contributed by atoms with van der Waals surface area (Å²) >= 11 is 0. The van der Waals surface area contributed by atoms with Crippen molar-refractivity contribution in [3.05, 3.63) is 0 Å². The Kier molecular flexibility index (Phi) is 0.768. The number of hydrogen-bond acceptors (Lipinski definition) is 0. The summed E-state index contributed by atoms with van der Waals surface area (Å²) in [5.74, 6) is -8.99. The predicted molar refractivity (Wildman–Crippen MR) is 22.2 cm³/mol. The molecule has 2 bridgehead atoms. The van der Waals surface area contributed by atoms with Gasteiger partial charge in [-0.25, -0.2) is 8.78 Å². The molecule has 0 nitrogen and oxygen atoms in total. The molecule has 0 aromatic heterocycles. The van der Waals surface area contributed by atoms with Gasteiger partial charge in [0.1, 0.15) is 0 Å². The third-order valence-corrected chi connectivity index (χ3v) is 2.48. The van der Waals surface area contributed by atoms with Crippen molar-refractivity contribution in [2.24, 2.45) is 0 Å². The van der Waals surface area contributed by atoms with E-state index in [4.69, 9.17) is 0 Å². The van der Waals surface area contributed by atoms with Gasteiger partial charge in [-0.3, -0.25) is 0 Å². The Morgan fingerprint density at radius 2 is 0.909 bits per heavy atom. The molecule has 64 valence electrons. The van der Waals surface area contributed by atoms with Gasteiger partial charge in [-0.05, 0) is 0 Å². The van der Waals surface area contributed by atoms with Crippen molar-refractivity contribution in [3.63, 3.8) is 0 Å². The highest BCUT2D eigenvalue weighted by Crippen LogP contribution is 2.81. The zero-order valence-corrected chi connectivity index (χ0v) is 4.97. The summed E-state index contributed by atoms with van der Waals surface area (Å²) in [6.07, 6.45) is -1.39. The summed E-state index contributed by atoms with van der Waals surface area (Å²) in [5.41, 5.74) is -7.84. The molecule has 3 aliphatic rings. The number of hydrogen-bond donors (Lipinski definition) is 0. The van der Waals surface area contributed by atoms with Crippen LogP contribution in [-0.4, -0.2) is 23.2 Å². The highest BCUT2D eigenvalue weighted by atomic mass is 19.3. The first kappa shape index (κ1) is 7.24. The Labute approximate surface area is 57.2 Å². The average molecular weight is 176 g/mol. The molecule has 3 saturated carbocycles. The first-order valence-electron chi connectivity index (χ1n) is 2.84. The van der Waals surface area contributed by atoms with Gasteiger partial charge in [0.05, 0.1) is 0 Å². The van der Waals surface area contributed by atoms with E-state index in [-0.39, 0.29) is 0 Å². The van der Waals surface area contributed by atoms with Crippen LogP contribution in [0.2, 0.25) is 0 Å². The van der Waals surface area contributed by atoms with Crippen molar-refractivity contribution in [1.29, 1.82) is 0 Å². The van der Waals surface area contributed by atoms with E-state index in [1.807, 2.05) is 0 Å². The van der Waals surface area contributed by atoms with Crippen LogP contribution in [0.4, 0.5) is 26.3 Å². The second-order valence-electron chi connectivity index (χ2n) is 2.93. The third kappa shape index (κ3) is 0.318. The summed E-state index contributed by atoms with van der Waals surface area (Å²) < 4.78 is 72.7. The van der Waals surface area contributed by atoms with E-state index in [1.165, 1.54) is 0 Å². The van der Waals surface area contributed by atoms with Gasteiger partial charge in [-0.15, -0.1) is 0 Å². The fraction of sp³-hybridized carbons (Fsp3) is 1.00. The molecule has 0 unspecified atom stereocenters. The van der Waals surface area contributed by atoms with E-state index < -0.39 is 29.6 Å². The Bertz CT molecular complexity index is 195. The minimum Gasteiger partial charge on any atom is -0.230 e. The minimum atomic E-state index is -4.50. The van der Waals surface area contributed by atoms with Gasteiger partial charge < -0.3 is 0 Å². The molecule has 0 heterocycles. The molecule has 0 aliphatic heterocycles. The normalized spacial score (nSPS) is 56.2. The largest absolute Gasteiger partial charge is 0.327 e.